The monoisotopic (exact) mass is 416 g/mol. The minimum atomic E-state index is -1.21. The molecule has 9 heteroatoms. The van der Waals surface area contributed by atoms with Crippen molar-refractivity contribution >= 4 is 27.9 Å². The van der Waals surface area contributed by atoms with Crippen LogP contribution in [0.15, 0.2) is 10.8 Å². The zero-order valence-electron chi connectivity index (χ0n) is 14.9. The van der Waals surface area contributed by atoms with E-state index < -0.39 is 17.7 Å². The number of nitrogens with zero attached hydrogens (tertiary/aromatic N) is 2. The zero-order chi connectivity index (χ0) is 18.8. The lowest BCUT2D eigenvalue weighted by atomic mass is 9.92. The van der Waals surface area contributed by atoms with Crippen LogP contribution in [-0.2, 0) is 15.1 Å². The molecule has 8 nitrogen and oxygen atoms in total. The lowest BCUT2D eigenvalue weighted by molar-refractivity contribution is -0.138. The third-order valence-electron chi connectivity index (χ3n) is 4.66. The van der Waals surface area contributed by atoms with E-state index in [9.17, 15) is 9.59 Å². The van der Waals surface area contributed by atoms with E-state index in [1.54, 1.807) is 18.2 Å². The van der Waals surface area contributed by atoms with Gasteiger partial charge >= 0.3 is 6.09 Å². The molecule has 2 amide bonds. The molecule has 0 radical (unpaired) electrons. The summed E-state index contributed by atoms with van der Waals surface area (Å²) < 4.78 is 6.00. The third kappa shape index (κ3) is 4.14. The smallest absolute Gasteiger partial charge is 0.405 e. The summed E-state index contributed by atoms with van der Waals surface area (Å²) in [4.78, 5) is 33.5. The molecule has 0 aromatic carbocycles. The van der Waals surface area contributed by atoms with Gasteiger partial charge in [-0.3, -0.25) is 4.79 Å². The van der Waals surface area contributed by atoms with Crippen LogP contribution < -0.4 is 5.32 Å². The van der Waals surface area contributed by atoms with E-state index in [0.717, 1.165) is 4.60 Å². The van der Waals surface area contributed by atoms with Crippen LogP contribution in [0.3, 0.4) is 0 Å². The molecule has 1 aromatic rings. The van der Waals surface area contributed by atoms with Gasteiger partial charge in [0.15, 0.2) is 0 Å². The quantitative estimate of drug-likeness (QED) is 0.658. The number of aromatic amines is 1. The Labute approximate surface area is 155 Å². The van der Waals surface area contributed by atoms with Gasteiger partial charge in [0.2, 0.25) is 5.91 Å². The molecular formula is C16H25BrN4O4. The predicted octanol–water partition coefficient (Wildman–Crippen LogP) is 2.17. The van der Waals surface area contributed by atoms with Gasteiger partial charge in [0.05, 0.1) is 18.3 Å². The molecule has 3 N–H and O–H groups in total. The van der Waals surface area contributed by atoms with Crippen molar-refractivity contribution in [1.29, 1.82) is 0 Å². The molecule has 0 bridgehead atoms. The summed E-state index contributed by atoms with van der Waals surface area (Å²) in [6, 6.07) is -0.809. The van der Waals surface area contributed by atoms with E-state index in [2.05, 4.69) is 31.2 Å². The Morgan fingerprint density at radius 1 is 1.60 bits per heavy atom. The molecule has 140 valence electrons. The highest BCUT2D eigenvalue weighted by Crippen LogP contribution is 2.41. The van der Waals surface area contributed by atoms with Crippen LogP contribution >= 0.6 is 15.9 Å². The number of likely N-dealkylation sites (tertiary alicyclic amines) is 1. The molecular weight excluding hydrogens is 392 g/mol. The minimum absolute atomic E-state index is 0.153. The number of hydrogen-bond donors (Lipinski definition) is 3. The van der Waals surface area contributed by atoms with Gasteiger partial charge in [0.1, 0.15) is 16.5 Å². The first kappa shape index (κ1) is 19.7. The van der Waals surface area contributed by atoms with Gasteiger partial charge < -0.3 is 25.0 Å². The Kier molecular flexibility index (Phi) is 6.10. The van der Waals surface area contributed by atoms with Gasteiger partial charge in [-0.25, -0.2) is 9.78 Å². The van der Waals surface area contributed by atoms with Crippen molar-refractivity contribution in [3.63, 3.8) is 0 Å². The number of hydrogen-bond acceptors (Lipinski definition) is 4. The van der Waals surface area contributed by atoms with Crippen molar-refractivity contribution in [1.82, 2.24) is 20.2 Å². The first-order valence-corrected chi connectivity index (χ1v) is 8.99. The number of halogens is 1. The molecule has 0 aliphatic carbocycles. The number of carbonyl (C=O) groups excluding carboxylic acids is 1. The number of H-pyrrole nitrogens is 1. The highest BCUT2D eigenvalue weighted by molar-refractivity contribution is 9.10. The number of methoxy groups -OCH3 is 1. The summed E-state index contributed by atoms with van der Waals surface area (Å²) in [7, 11) is 1.63. The average Bonchev–Trinajstić information content (AvgIpc) is 3.09. The Morgan fingerprint density at radius 3 is 2.76 bits per heavy atom. The number of carboxylic acid groups (broad SMARTS) is 1. The van der Waals surface area contributed by atoms with Crippen LogP contribution in [0.25, 0.3) is 0 Å². The molecule has 1 saturated heterocycles. The molecule has 1 aliphatic rings. The van der Waals surface area contributed by atoms with Gasteiger partial charge in [-0.1, -0.05) is 13.8 Å². The summed E-state index contributed by atoms with van der Waals surface area (Å²) in [5.74, 6) is 0.410. The summed E-state index contributed by atoms with van der Waals surface area (Å²) >= 11 is 3.35. The molecule has 1 aromatic heterocycles. The summed E-state index contributed by atoms with van der Waals surface area (Å²) in [6.45, 7) is 6.61. The van der Waals surface area contributed by atoms with Crippen LogP contribution in [0.2, 0.25) is 0 Å². The van der Waals surface area contributed by atoms with Gasteiger partial charge in [-0.15, -0.1) is 0 Å². The van der Waals surface area contributed by atoms with Crippen molar-refractivity contribution in [2.75, 3.05) is 20.3 Å². The fourth-order valence-electron chi connectivity index (χ4n) is 3.49. The lowest BCUT2D eigenvalue weighted by Crippen LogP contribution is -2.55. The minimum Gasteiger partial charge on any atom is -0.465 e. The Morgan fingerprint density at radius 2 is 2.28 bits per heavy atom. The van der Waals surface area contributed by atoms with Crippen molar-refractivity contribution in [2.24, 2.45) is 11.8 Å². The predicted molar refractivity (Wildman–Crippen MR) is 95.1 cm³/mol. The average molecular weight is 417 g/mol. The van der Waals surface area contributed by atoms with Crippen LogP contribution in [0.4, 0.5) is 4.79 Å². The molecule has 2 rings (SSSR count). The van der Waals surface area contributed by atoms with Crippen molar-refractivity contribution in [3.8, 4) is 0 Å². The van der Waals surface area contributed by atoms with Crippen molar-refractivity contribution in [2.45, 2.75) is 38.8 Å². The molecule has 0 spiro atoms. The maximum absolute atomic E-state index is 13.2. The molecule has 1 fully saturated rings. The Hall–Kier alpha value is -1.61. The summed E-state index contributed by atoms with van der Waals surface area (Å²) in [5.41, 5.74) is -0.653. The first-order valence-electron chi connectivity index (χ1n) is 8.20. The van der Waals surface area contributed by atoms with Gasteiger partial charge in [0.25, 0.3) is 0 Å². The van der Waals surface area contributed by atoms with E-state index >= 15 is 0 Å². The molecule has 25 heavy (non-hydrogen) atoms. The van der Waals surface area contributed by atoms with E-state index in [1.165, 1.54) is 0 Å². The molecule has 2 heterocycles. The number of nitrogens with one attached hydrogen (secondary N) is 2. The second-order valence-electron chi connectivity index (χ2n) is 7.00. The maximum atomic E-state index is 13.2. The summed E-state index contributed by atoms with van der Waals surface area (Å²) in [6.07, 6.45) is 1.13. The van der Waals surface area contributed by atoms with Gasteiger partial charge in [-0.2, -0.15) is 0 Å². The Balaban J connectivity index is 2.36. The SMILES string of the molecule is COC[C@@H]1CN(C(=O)[C@@H](NC(=O)O)C(C)C)[C@](C)(c2ncc(Br)[nH]2)C1. The van der Waals surface area contributed by atoms with Crippen LogP contribution in [0.5, 0.6) is 0 Å². The number of ether oxygens (including phenoxy) is 1. The number of aromatic nitrogens is 2. The van der Waals surface area contributed by atoms with E-state index in [4.69, 9.17) is 9.84 Å². The first-order chi connectivity index (χ1) is 11.7. The van der Waals surface area contributed by atoms with Crippen LogP contribution in [0.1, 0.15) is 33.0 Å². The number of carbonyl (C=O) groups is 2. The molecule has 1 aliphatic heterocycles. The third-order valence-corrected chi connectivity index (χ3v) is 5.06. The van der Waals surface area contributed by atoms with E-state index in [-0.39, 0.29) is 17.7 Å². The second kappa shape index (κ2) is 7.74. The fraction of sp³-hybridized carbons (Fsp3) is 0.688. The molecule has 0 saturated carbocycles. The van der Waals surface area contributed by atoms with Crippen molar-refractivity contribution < 1.29 is 19.4 Å². The standard InChI is InChI=1S/C16H25BrN4O4/c1-9(2)12(20-15(23)24)13(22)21-7-10(8-25-4)5-16(21,3)14-18-6-11(17)19-14/h6,9-10,12,20H,5,7-8H2,1-4H3,(H,18,19)(H,23,24)/t10-,12-,16-/m0/s1. The number of amides is 2. The van der Waals surface area contributed by atoms with Gasteiger partial charge in [0, 0.05) is 19.6 Å². The maximum Gasteiger partial charge on any atom is 0.405 e. The largest absolute Gasteiger partial charge is 0.465 e. The van der Waals surface area contributed by atoms with Gasteiger partial charge in [-0.05, 0) is 35.2 Å². The highest BCUT2D eigenvalue weighted by atomic mass is 79.9. The zero-order valence-corrected chi connectivity index (χ0v) is 16.5. The van der Waals surface area contributed by atoms with Crippen LogP contribution in [-0.4, -0.2) is 58.3 Å². The number of rotatable bonds is 6. The molecule has 3 atom stereocenters. The van der Waals surface area contributed by atoms with Crippen molar-refractivity contribution in [3.05, 3.63) is 16.6 Å². The van der Waals surface area contributed by atoms with E-state index in [1.807, 2.05) is 20.8 Å². The topological polar surface area (TPSA) is 108 Å². The Bertz CT molecular complexity index is 635. The summed E-state index contributed by atoms with van der Waals surface area (Å²) in [5, 5.41) is 11.4. The second-order valence-corrected chi connectivity index (χ2v) is 7.85. The van der Waals surface area contributed by atoms with Crippen LogP contribution in [0, 0.1) is 11.8 Å². The van der Waals surface area contributed by atoms with E-state index in [0.29, 0.717) is 25.4 Å². The normalized spacial score (nSPS) is 24.6. The fourth-order valence-corrected chi connectivity index (χ4v) is 3.78. The highest BCUT2D eigenvalue weighted by Gasteiger charge is 2.49. The lowest BCUT2D eigenvalue weighted by Gasteiger charge is -2.36. The molecule has 0 unspecified atom stereocenters. The number of imidazole rings is 1.